The van der Waals surface area contributed by atoms with E-state index in [0.717, 1.165) is 34.0 Å². The molecule has 2 aliphatic rings. The number of rotatable bonds is 4. The number of hydrogen-bond donors (Lipinski definition) is 1. The van der Waals surface area contributed by atoms with E-state index in [1.54, 1.807) is 0 Å². The molecule has 0 amide bonds. The van der Waals surface area contributed by atoms with Gasteiger partial charge in [-0.2, -0.15) is 4.98 Å². The minimum atomic E-state index is 0.0836. The molecule has 1 fully saturated rings. The molecule has 0 bridgehead atoms. The molecule has 156 valence electrons. The Bertz CT molecular complexity index is 1060. The fourth-order valence-corrected chi connectivity index (χ4v) is 5.21. The lowest BCUT2D eigenvalue weighted by atomic mass is 9.99. The predicted octanol–water partition coefficient (Wildman–Crippen LogP) is 4.77. The van der Waals surface area contributed by atoms with Crippen LogP contribution in [-0.2, 0) is 0 Å². The van der Waals surface area contributed by atoms with E-state index in [4.69, 9.17) is 15.8 Å². The highest BCUT2D eigenvalue weighted by atomic mass is 79.9. The van der Waals surface area contributed by atoms with Crippen molar-refractivity contribution in [1.29, 1.82) is 0 Å². The van der Waals surface area contributed by atoms with Crippen LogP contribution in [0.4, 0.5) is 11.8 Å². The van der Waals surface area contributed by atoms with E-state index in [0.29, 0.717) is 12.0 Å². The van der Waals surface area contributed by atoms with Gasteiger partial charge in [-0.3, -0.25) is 4.57 Å². The molecule has 2 unspecified atom stereocenters. The summed E-state index contributed by atoms with van der Waals surface area (Å²) >= 11 is 3.52. The van der Waals surface area contributed by atoms with Crippen LogP contribution in [0, 0.1) is 0 Å². The van der Waals surface area contributed by atoms with Gasteiger partial charge in [0.2, 0.25) is 5.95 Å². The van der Waals surface area contributed by atoms with E-state index in [-0.39, 0.29) is 12.0 Å². The maximum atomic E-state index is 6.03. The van der Waals surface area contributed by atoms with Crippen LogP contribution in [0.1, 0.15) is 75.1 Å². The second-order valence-electron chi connectivity index (χ2n) is 8.23. The largest absolute Gasteiger partial charge is 0.368 e. The molecule has 7 nitrogen and oxygen atoms in total. The summed E-state index contributed by atoms with van der Waals surface area (Å²) in [6, 6.07) is 8.97. The SMILES string of the molecule is CCC1c2nnc(C(C)c3ccc(Br)cc3)n2-c2cnc(N)nc2N1C1CCCC1. The summed E-state index contributed by atoms with van der Waals surface area (Å²) in [7, 11) is 0. The number of nitrogens with two attached hydrogens (primary N) is 1. The van der Waals surface area contributed by atoms with Gasteiger partial charge in [-0.25, -0.2) is 4.98 Å². The Labute approximate surface area is 184 Å². The topological polar surface area (TPSA) is 85.8 Å². The molecule has 30 heavy (non-hydrogen) atoms. The summed E-state index contributed by atoms with van der Waals surface area (Å²) < 4.78 is 3.23. The van der Waals surface area contributed by atoms with Crippen molar-refractivity contribution < 1.29 is 0 Å². The van der Waals surface area contributed by atoms with Crippen molar-refractivity contribution in [2.24, 2.45) is 0 Å². The first kappa shape index (κ1) is 19.5. The summed E-state index contributed by atoms with van der Waals surface area (Å²) in [4.78, 5) is 11.5. The molecular formula is C22H26BrN7. The van der Waals surface area contributed by atoms with Crippen molar-refractivity contribution >= 4 is 27.7 Å². The average Bonchev–Trinajstić information content (AvgIpc) is 3.43. The number of hydrogen-bond acceptors (Lipinski definition) is 6. The van der Waals surface area contributed by atoms with Gasteiger partial charge in [-0.05, 0) is 37.0 Å². The molecule has 3 aromatic rings. The molecule has 3 heterocycles. The van der Waals surface area contributed by atoms with Gasteiger partial charge >= 0.3 is 0 Å². The lowest BCUT2D eigenvalue weighted by Gasteiger charge is -2.41. The van der Waals surface area contributed by atoms with Crippen LogP contribution in [0.2, 0.25) is 0 Å². The molecule has 2 aromatic heterocycles. The van der Waals surface area contributed by atoms with Gasteiger partial charge in [0, 0.05) is 16.4 Å². The number of halogens is 1. The molecule has 0 saturated heterocycles. The fourth-order valence-electron chi connectivity index (χ4n) is 4.94. The number of benzene rings is 1. The number of anilines is 2. The summed E-state index contributed by atoms with van der Waals surface area (Å²) in [5.41, 5.74) is 8.16. The predicted molar refractivity (Wildman–Crippen MR) is 121 cm³/mol. The van der Waals surface area contributed by atoms with Crippen LogP contribution in [0.5, 0.6) is 0 Å². The summed E-state index contributed by atoms with van der Waals surface area (Å²) in [5, 5.41) is 9.36. The molecule has 1 aromatic carbocycles. The van der Waals surface area contributed by atoms with E-state index in [9.17, 15) is 0 Å². The van der Waals surface area contributed by atoms with Gasteiger partial charge in [-0.1, -0.05) is 54.8 Å². The minimum absolute atomic E-state index is 0.0836. The lowest BCUT2D eigenvalue weighted by Crippen LogP contribution is -2.42. The van der Waals surface area contributed by atoms with Gasteiger partial charge in [0.15, 0.2) is 11.6 Å². The third-order valence-corrected chi connectivity index (χ3v) is 6.99. The Morgan fingerprint density at radius 3 is 2.60 bits per heavy atom. The van der Waals surface area contributed by atoms with Crippen LogP contribution in [0.3, 0.4) is 0 Å². The normalized spacial score (nSPS) is 19.6. The molecule has 5 rings (SSSR count). The first-order valence-corrected chi connectivity index (χ1v) is 11.5. The molecule has 0 radical (unpaired) electrons. The Kier molecular flexibility index (Phi) is 4.97. The van der Waals surface area contributed by atoms with E-state index in [1.807, 2.05) is 6.20 Å². The quantitative estimate of drug-likeness (QED) is 0.594. The summed E-state index contributed by atoms with van der Waals surface area (Å²) in [5.74, 6) is 3.19. The standard InChI is InChI=1S/C22H26BrN7/c1-3-17-21-28-27-19(13(2)14-8-10-15(23)11-9-14)30(21)18-12-25-22(24)26-20(18)29(17)16-6-4-5-7-16/h8-13,16-17H,3-7H2,1-2H3,(H2,24,25,26). The highest BCUT2D eigenvalue weighted by molar-refractivity contribution is 9.10. The number of fused-ring (bicyclic) bond motifs is 3. The Morgan fingerprint density at radius 1 is 1.17 bits per heavy atom. The first-order chi connectivity index (χ1) is 14.6. The van der Waals surface area contributed by atoms with Crippen molar-refractivity contribution in [2.75, 3.05) is 10.6 Å². The van der Waals surface area contributed by atoms with Crippen LogP contribution < -0.4 is 10.6 Å². The highest BCUT2D eigenvalue weighted by Gasteiger charge is 2.40. The maximum absolute atomic E-state index is 6.03. The number of nitrogens with zero attached hydrogens (tertiary/aromatic N) is 6. The fraction of sp³-hybridized carbons (Fsp3) is 0.455. The Morgan fingerprint density at radius 2 is 1.90 bits per heavy atom. The van der Waals surface area contributed by atoms with E-state index < -0.39 is 0 Å². The van der Waals surface area contributed by atoms with E-state index in [1.165, 1.54) is 31.2 Å². The third kappa shape index (κ3) is 3.09. The van der Waals surface area contributed by atoms with Crippen LogP contribution in [0.25, 0.3) is 5.69 Å². The maximum Gasteiger partial charge on any atom is 0.222 e. The van der Waals surface area contributed by atoms with Crippen molar-refractivity contribution in [3.05, 3.63) is 52.1 Å². The lowest BCUT2D eigenvalue weighted by molar-refractivity contribution is 0.467. The van der Waals surface area contributed by atoms with Gasteiger partial charge in [0.1, 0.15) is 11.5 Å². The Hall–Kier alpha value is -2.48. The summed E-state index contributed by atoms with van der Waals surface area (Å²) in [6.45, 7) is 4.38. The van der Waals surface area contributed by atoms with Gasteiger partial charge in [-0.15, -0.1) is 10.2 Å². The van der Waals surface area contributed by atoms with Gasteiger partial charge in [0.05, 0.1) is 12.2 Å². The third-order valence-electron chi connectivity index (χ3n) is 6.46. The molecule has 2 N–H and O–H groups in total. The molecule has 1 aliphatic heterocycles. The summed E-state index contributed by atoms with van der Waals surface area (Å²) in [6.07, 6.45) is 7.63. The zero-order chi connectivity index (χ0) is 20.8. The smallest absolute Gasteiger partial charge is 0.222 e. The highest BCUT2D eigenvalue weighted by Crippen LogP contribution is 2.44. The Balaban J connectivity index is 1.66. The van der Waals surface area contributed by atoms with Crippen LogP contribution in [-0.4, -0.2) is 30.8 Å². The van der Waals surface area contributed by atoms with Crippen molar-refractivity contribution in [3.8, 4) is 5.69 Å². The zero-order valence-electron chi connectivity index (χ0n) is 17.3. The van der Waals surface area contributed by atoms with Crippen molar-refractivity contribution in [3.63, 3.8) is 0 Å². The molecule has 8 heteroatoms. The van der Waals surface area contributed by atoms with Crippen LogP contribution in [0.15, 0.2) is 34.9 Å². The van der Waals surface area contributed by atoms with E-state index in [2.05, 4.69) is 73.6 Å². The van der Waals surface area contributed by atoms with Crippen molar-refractivity contribution in [2.45, 2.75) is 64.0 Å². The molecular weight excluding hydrogens is 442 g/mol. The molecule has 1 saturated carbocycles. The number of nitrogen functional groups attached to an aromatic ring is 1. The van der Waals surface area contributed by atoms with Gasteiger partial charge < -0.3 is 10.6 Å². The second-order valence-corrected chi connectivity index (χ2v) is 9.15. The van der Waals surface area contributed by atoms with Crippen LogP contribution >= 0.6 is 15.9 Å². The number of aromatic nitrogens is 5. The molecule has 1 aliphatic carbocycles. The second kappa shape index (κ2) is 7.65. The van der Waals surface area contributed by atoms with Gasteiger partial charge in [0.25, 0.3) is 0 Å². The molecule has 2 atom stereocenters. The minimum Gasteiger partial charge on any atom is -0.368 e. The zero-order valence-corrected chi connectivity index (χ0v) is 18.9. The van der Waals surface area contributed by atoms with Crippen molar-refractivity contribution in [1.82, 2.24) is 24.7 Å². The average molecular weight is 468 g/mol. The van der Waals surface area contributed by atoms with E-state index >= 15 is 0 Å². The monoisotopic (exact) mass is 467 g/mol. The first-order valence-electron chi connectivity index (χ1n) is 10.7. The molecule has 0 spiro atoms.